The van der Waals surface area contributed by atoms with Crippen molar-refractivity contribution in [3.8, 4) is 5.75 Å². The number of ether oxygens (including phenoxy) is 1. The molecule has 2 rings (SSSR count). The molecule has 1 aliphatic heterocycles. The summed E-state index contributed by atoms with van der Waals surface area (Å²) in [5, 5.41) is 0. The Balaban J connectivity index is 2.32. The molecule has 0 radical (unpaired) electrons. The van der Waals surface area contributed by atoms with Crippen molar-refractivity contribution in [2.45, 2.75) is 39.2 Å². The van der Waals surface area contributed by atoms with Crippen LogP contribution in [0.5, 0.6) is 5.75 Å². The quantitative estimate of drug-likeness (QED) is 0.774. The SMILES string of the molecule is CCC(C(=O)N1CCC(C)CC1)N(c1ccc(OC)cc1)S(C)(=O)=O. The van der Waals surface area contributed by atoms with Gasteiger partial charge in [0.25, 0.3) is 0 Å². The Morgan fingerprint density at radius 2 is 1.84 bits per heavy atom. The van der Waals surface area contributed by atoms with Gasteiger partial charge in [-0.2, -0.15) is 0 Å². The summed E-state index contributed by atoms with van der Waals surface area (Å²) in [5.41, 5.74) is 0.480. The van der Waals surface area contributed by atoms with E-state index in [2.05, 4.69) is 6.92 Å². The molecule has 0 spiro atoms. The van der Waals surface area contributed by atoms with Crippen molar-refractivity contribution >= 4 is 21.6 Å². The zero-order chi connectivity index (χ0) is 18.6. The Morgan fingerprint density at radius 1 is 1.28 bits per heavy atom. The van der Waals surface area contributed by atoms with Crippen LogP contribution >= 0.6 is 0 Å². The van der Waals surface area contributed by atoms with Crippen LogP contribution in [0.1, 0.15) is 33.1 Å². The number of hydrogen-bond donors (Lipinski definition) is 0. The molecule has 1 aliphatic rings. The zero-order valence-electron chi connectivity index (χ0n) is 15.4. The third-order valence-corrected chi connectivity index (χ3v) is 5.91. The Kier molecular flexibility index (Phi) is 6.32. The molecule has 1 amide bonds. The number of hydrogen-bond acceptors (Lipinski definition) is 4. The first kappa shape index (κ1) is 19.6. The van der Waals surface area contributed by atoms with E-state index in [-0.39, 0.29) is 5.91 Å². The summed E-state index contributed by atoms with van der Waals surface area (Å²) >= 11 is 0. The van der Waals surface area contributed by atoms with E-state index >= 15 is 0 Å². The van der Waals surface area contributed by atoms with Crippen molar-refractivity contribution in [3.05, 3.63) is 24.3 Å². The molecule has 7 heteroatoms. The molecule has 1 aromatic carbocycles. The van der Waals surface area contributed by atoms with Crippen LogP contribution in [-0.4, -0.2) is 51.7 Å². The molecule has 1 saturated heterocycles. The van der Waals surface area contributed by atoms with Gasteiger partial charge < -0.3 is 9.64 Å². The molecule has 1 aromatic rings. The summed E-state index contributed by atoms with van der Waals surface area (Å²) < 4.78 is 31.3. The summed E-state index contributed by atoms with van der Waals surface area (Å²) in [5.74, 6) is 1.13. The number of anilines is 1. The third-order valence-electron chi connectivity index (χ3n) is 4.73. The third kappa shape index (κ3) is 4.66. The number of carbonyl (C=O) groups is 1. The van der Waals surface area contributed by atoms with Gasteiger partial charge in [-0.1, -0.05) is 13.8 Å². The maximum Gasteiger partial charge on any atom is 0.246 e. The van der Waals surface area contributed by atoms with E-state index in [1.807, 2.05) is 6.92 Å². The van der Waals surface area contributed by atoms with Gasteiger partial charge in [-0.3, -0.25) is 9.10 Å². The Labute approximate surface area is 150 Å². The number of piperidine rings is 1. The molecule has 25 heavy (non-hydrogen) atoms. The number of benzene rings is 1. The predicted octanol–water partition coefficient (Wildman–Crippen LogP) is 2.50. The molecule has 0 N–H and O–H groups in total. The number of amides is 1. The summed E-state index contributed by atoms with van der Waals surface area (Å²) in [6.07, 6.45) is 3.49. The van der Waals surface area contributed by atoms with Gasteiger partial charge in [-0.05, 0) is 49.4 Å². The molecule has 1 heterocycles. The first-order chi connectivity index (χ1) is 11.8. The fraction of sp³-hybridized carbons (Fsp3) is 0.611. The van der Waals surface area contributed by atoms with Gasteiger partial charge in [0, 0.05) is 13.1 Å². The average molecular weight is 368 g/mol. The van der Waals surface area contributed by atoms with Gasteiger partial charge in [0.1, 0.15) is 11.8 Å². The highest BCUT2D eigenvalue weighted by atomic mass is 32.2. The fourth-order valence-corrected chi connectivity index (χ4v) is 4.42. The number of methoxy groups -OCH3 is 1. The zero-order valence-corrected chi connectivity index (χ0v) is 16.3. The van der Waals surface area contributed by atoms with E-state index in [9.17, 15) is 13.2 Å². The number of sulfonamides is 1. The lowest BCUT2D eigenvalue weighted by Crippen LogP contribution is -2.52. The van der Waals surface area contributed by atoms with Crippen molar-refractivity contribution in [1.82, 2.24) is 4.90 Å². The minimum atomic E-state index is -3.60. The van der Waals surface area contributed by atoms with E-state index < -0.39 is 16.1 Å². The van der Waals surface area contributed by atoms with E-state index in [4.69, 9.17) is 4.74 Å². The van der Waals surface area contributed by atoms with Gasteiger partial charge >= 0.3 is 0 Å². The van der Waals surface area contributed by atoms with Gasteiger partial charge in [0.2, 0.25) is 15.9 Å². The molecular weight excluding hydrogens is 340 g/mol. The summed E-state index contributed by atoms with van der Waals surface area (Å²) in [7, 11) is -2.04. The van der Waals surface area contributed by atoms with Crippen LogP contribution in [0.15, 0.2) is 24.3 Å². The normalized spacial score (nSPS) is 17.2. The number of nitrogens with zero attached hydrogens (tertiary/aromatic N) is 2. The lowest BCUT2D eigenvalue weighted by molar-refractivity contribution is -0.133. The molecule has 1 unspecified atom stereocenters. The molecule has 0 saturated carbocycles. The highest BCUT2D eigenvalue weighted by molar-refractivity contribution is 7.92. The van der Waals surface area contributed by atoms with Crippen LogP contribution in [0.3, 0.4) is 0 Å². The fourth-order valence-electron chi connectivity index (χ4n) is 3.21. The van der Waals surface area contributed by atoms with Crippen molar-refractivity contribution < 1.29 is 17.9 Å². The van der Waals surface area contributed by atoms with Gasteiger partial charge in [-0.25, -0.2) is 8.42 Å². The summed E-state index contributed by atoms with van der Waals surface area (Å²) in [4.78, 5) is 14.8. The van der Waals surface area contributed by atoms with Crippen molar-refractivity contribution in [2.24, 2.45) is 5.92 Å². The number of rotatable bonds is 6. The van der Waals surface area contributed by atoms with Crippen molar-refractivity contribution in [3.63, 3.8) is 0 Å². The maximum atomic E-state index is 13.0. The van der Waals surface area contributed by atoms with Gasteiger partial charge in [-0.15, -0.1) is 0 Å². The molecular formula is C18H28N2O4S. The largest absolute Gasteiger partial charge is 0.497 e. The van der Waals surface area contributed by atoms with Crippen LogP contribution in [0.2, 0.25) is 0 Å². The second kappa shape index (κ2) is 8.08. The minimum Gasteiger partial charge on any atom is -0.497 e. The van der Waals surface area contributed by atoms with Crippen LogP contribution < -0.4 is 9.04 Å². The molecule has 140 valence electrons. The summed E-state index contributed by atoms with van der Waals surface area (Å²) in [6.45, 7) is 5.41. The highest BCUT2D eigenvalue weighted by Gasteiger charge is 2.35. The number of carbonyl (C=O) groups excluding carboxylic acids is 1. The minimum absolute atomic E-state index is 0.115. The average Bonchev–Trinajstić information content (AvgIpc) is 2.58. The van der Waals surface area contributed by atoms with Crippen LogP contribution in [-0.2, 0) is 14.8 Å². The molecule has 1 atom stereocenters. The van der Waals surface area contributed by atoms with Gasteiger partial charge in [0.05, 0.1) is 19.1 Å². The lowest BCUT2D eigenvalue weighted by atomic mass is 9.98. The topological polar surface area (TPSA) is 66.9 Å². The monoisotopic (exact) mass is 368 g/mol. The Hall–Kier alpha value is -1.76. The molecule has 0 aliphatic carbocycles. The van der Waals surface area contributed by atoms with Gasteiger partial charge in [0.15, 0.2) is 0 Å². The predicted molar refractivity (Wildman–Crippen MR) is 99.4 cm³/mol. The van der Waals surface area contributed by atoms with Crippen LogP contribution in [0.25, 0.3) is 0 Å². The van der Waals surface area contributed by atoms with E-state index in [1.54, 1.807) is 36.3 Å². The molecule has 0 aromatic heterocycles. The van der Waals surface area contributed by atoms with E-state index in [0.717, 1.165) is 19.1 Å². The molecule has 0 bridgehead atoms. The second-order valence-corrected chi connectivity index (χ2v) is 8.55. The second-order valence-electron chi connectivity index (χ2n) is 6.69. The molecule has 1 fully saturated rings. The highest BCUT2D eigenvalue weighted by Crippen LogP contribution is 2.27. The Bertz CT molecular complexity index is 680. The van der Waals surface area contributed by atoms with Crippen molar-refractivity contribution in [1.29, 1.82) is 0 Å². The Morgan fingerprint density at radius 3 is 2.28 bits per heavy atom. The smallest absolute Gasteiger partial charge is 0.246 e. The standard InChI is InChI=1S/C18H28N2O4S/c1-5-17(18(21)19-12-10-14(2)11-13-19)20(25(4,22)23)15-6-8-16(24-3)9-7-15/h6-9,14,17H,5,10-13H2,1-4H3. The first-order valence-electron chi connectivity index (χ1n) is 8.70. The maximum absolute atomic E-state index is 13.0. The first-order valence-corrected chi connectivity index (χ1v) is 10.5. The van der Waals surface area contributed by atoms with E-state index in [1.165, 1.54) is 4.31 Å². The van der Waals surface area contributed by atoms with E-state index in [0.29, 0.717) is 36.9 Å². The number of likely N-dealkylation sites (tertiary alicyclic amines) is 1. The lowest BCUT2D eigenvalue weighted by Gasteiger charge is -2.37. The molecule has 6 nitrogen and oxygen atoms in total. The summed E-state index contributed by atoms with van der Waals surface area (Å²) in [6, 6.07) is 6.03. The van der Waals surface area contributed by atoms with Crippen LogP contribution in [0, 0.1) is 5.92 Å². The van der Waals surface area contributed by atoms with Crippen molar-refractivity contribution in [2.75, 3.05) is 30.8 Å². The van der Waals surface area contributed by atoms with Crippen LogP contribution in [0.4, 0.5) is 5.69 Å².